The number of nitrogens with one attached hydrogen (secondary N) is 1. The highest BCUT2D eigenvalue weighted by molar-refractivity contribution is 6.30. The van der Waals surface area contributed by atoms with Crippen molar-refractivity contribution in [2.24, 2.45) is 5.73 Å². The maximum Gasteiger partial charge on any atom is 0.490 e. The summed E-state index contributed by atoms with van der Waals surface area (Å²) in [5.74, 6) is -2.98. The molecule has 5 nitrogen and oxygen atoms in total. The number of nitrogens with two attached hydrogens (primary N) is 1. The standard InChI is InChI=1S/C16H19ClF4N2O3/c17-13-4-3-11(6-14(13)18)25-8-12(26-15(24)16(19,20)21)7-23-10-2-1-9(22)5-10/h3-4,6,9-10,12,23H,1-2,5,7-8,22H2/t9-,10+,12?/m0/s1. The van der Waals surface area contributed by atoms with Gasteiger partial charge in [-0.1, -0.05) is 11.6 Å². The normalized spacial score (nSPS) is 21.5. The first-order chi connectivity index (χ1) is 12.1. The first kappa shape index (κ1) is 20.7. The highest BCUT2D eigenvalue weighted by Crippen LogP contribution is 2.22. The molecule has 1 aromatic carbocycles. The largest absolute Gasteiger partial charge is 0.490 e. The molecule has 26 heavy (non-hydrogen) atoms. The predicted octanol–water partition coefficient (Wildman–Crippen LogP) is 2.80. The van der Waals surface area contributed by atoms with Crippen LogP contribution in [0.25, 0.3) is 0 Å². The molecular weight excluding hydrogens is 380 g/mol. The van der Waals surface area contributed by atoms with E-state index in [9.17, 15) is 22.4 Å². The number of ether oxygens (including phenoxy) is 2. The van der Waals surface area contributed by atoms with E-state index in [-0.39, 0.29) is 36.0 Å². The molecule has 3 N–H and O–H groups in total. The van der Waals surface area contributed by atoms with Crippen molar-refractivity contribution < 1.29 is 31.8 Å². The van der Waals surface area contributed by atoms with Crippen LogP contribution in [-0.4, -0.2) is 43.5 Å². The molecule has 146 valence electrons. The second-order valence-electron chi connectivity index (χ2n) is 6.09. The van der Waals surface area contributed by atoms with Gasteiger partial charge in [0.2, 0.25) is 0 Å². The van der Waals surface area contributed by atoms with Crippen molar-refractivity contribution in [1.29, 1.82) is 0 Å². The molecule has 0 amide bonds. The van der Waals surface area contributed by atoms with E-state index in [0.717, 1.165) is 18.9 Å². The van der Waals surface area contributed by atoms with Crippen molar-refractivity contribution in [3.05, 3.63) is 29.0 Å². The van der Waals surface area contributed by atoms with Gasteiger partial charge in [-0.25, -0.2) is 9.18 Å². The van der Waals surface area contributed by atoms with E-state index in [2.05, 4.69) is 10.1 Å². The fourth-order valence-corrected chi connectivity index (χ4v) is 2.73. The van der Waals surface area contributed by atoms with Crippen molar-refractivity contribution in [3.63, 3.8) is 0 Å². The fraction of sp³-hybridized carbons (Fsp3) is 0.562. The molecule has 1 aromatic rings. The molecule has 1 saturated carbocycles. The molecule has 2 rings (SSSR count). The Hall–Kier alpha value is -1.58. The molecule has 0 bridgehead atoms. The number of halogens is 5. The summed E-state index contributed by atoms with van der Waals surface area (Å²) in [5, 5.41) is 2.91. The average molecular weight is 399 g/mol. The van der Waals surface area contributed by atoms with E-state index in [1.807, 2.05) is 0 Å². The second-order valence-corrected chi connectivity index (χ2v) is 6.50. The minimum atomic E-state index is -5.11. The number of carbonyl (C=O) groups excluding carboxylic acids is 1. The lowest BCUT2D eigenvalue weighted by Gasteiger charge is -2.22. The van der Waals surface area contributed by atoms with Crippen molar-refractivity contribution in [2.75, 3.05) is 13.2 Å². The van der Waals surface area contributed by atoms with Crippen LogP contribution >= 0.6 is 11.6 Å². The summed E-state index contributed by atoms with van der Waals surface area (Å²) in [4.78, 5) is 11.1. The Kier molecular flexibility index (Phi) is 7.08. The summed E-state index contributed by atoms with van der Waals surface area (Å²) in [5.41, 5.74) is 5.79. The van der Waals surface area contributed by atoms with Crippen LogP contribution in [0.5, 0.6) is 5.75 Å². The monoisotopic (exact) mass is 398 g/mol. The molecule has 0 aromatic heterocycles. The molecule has 0 radical (unpaired) electrons. The van der Waals surface area contributed by atoms with Gasteiger partial charge in [-0.2, -0.15) is 13.2 Å². The van der Waals surface area contributed by atoms with Crippen LogP contribution in [0.2, 0.25) is 5.02 Å². The van der Waals surface area contributed by atoms with E-state index in [4.69, 9.17) is 22.1 Å². The van der Waals surface area contributed by atoms with Gasteiger partial charge in [-0.05, 0) is 31.4 Å². The molecule has 3 atom stereocenters. The first-order valence-corrected chi connectivity index (χ1v) is 8.37. The summed E-state index contributed by atoms with van der Waals surface area (Å²) >= 11 is 5.55. The van der Waals surface area contributed by atoms with Crippen LogP contribution in [0, 0.1) is 5.82 Å². The first-order valence-electron chi connectivity index (χ1n) is 7.99. The van der Waals surface area contributed by atoms with Crippen LogP contribution in [0.4, 0.5) is 17.6 Å². The molecule has 0 heterocycles. The quantitative estimate of drug-likeness (QED) is 0.546. The Morgan fingerprint density at radius 2 is 2.12 bits per heavy atom. The van der Waals surface area contributed by atoms with Crippen molar-refractivity contribution in [1.82, 2.24) is 5.32 Å². The number of esters is 1. The topological polar surface area (TPSA) is 73.6 Å². The summed E-state index contributed by atoms with van der Waals surface area (Å²) in [6.45, 7) is -0.427. The average Bonchev–Trinajstić information content (AvgIpc) is 2.97. The van der Waals surface area contributed by atoms with Crippen LogP contribution in [-0.2, 0) is 9.53 Å². The fourth-order valence-electron chi connectivity index (χ4n) is 2.61. The van der Waals surface area contributed by atoms with Gasteiger partial charge in [-0.15, -0.1) is 0 Å². The molecule has 10 heteroatoms. The summed E-state index contributed by atoms with van der Waals surface area (Å²) in [6.07, 6.45) is -4.04. The van der Waals surface area contributed by atoms with E-state index in [1.54, 1.807) is 0 Å². The smallest absolute Gasteiger partial charge is 0.490 e. The maximum atomic E-state index is 13.4. The van der Waals surface area contributed by atoms with Crippen LogP contribution < -0.4 is 15.8 Å². The van der Waals surface area contributed by atoms with Gasteiger partial charge in [0.1, 0.15) is 24.3 Å². The van der Waals surface area contributed by atoms with E-state index >= 15 is 0 Å². The molecular formula is C16H19ClF4N2O3. The van der Waals surface area contributed by atoms with Crippen LogP contribution in [0.1, 0.15) is 19.3 Å². The Morgan fingerprint density at radius 1 is 1.38 bits per heavy atom. The maximum absolute atomic E-state index is 13.4. The van der Waals surface area contributed by atoms with Crippen LogP contribution in [0.15, 0.2) is 18.2 Å². The molecule has 1 fully saturated rings. The highest BCUT2D eigenvalue weighted by Gasteiger charge is 2.42. The highest BCUT2D eigenvalue weighted by atomic mass is 35.5. The minimum absolute atomic E-state index is 0.0325. The summed E-state index contributed by atoms with van der Waals surface area (Å²) in [6, 6.07) is 3.68. The molecule has 1 aliphatic carbocycles. The summed E-state index contributed by atoms with van der Waals surface area (Å²) in [7, 11) is 0. The third kappa shape index (κ3) is 6.30. The lowest BCUT2D eigenvalue weighted by Crippen LogP contribution is -2.42. The number of hydrogen-bond acceptors (Lipinski definition) is 5. The Labute approximate surface area is 152 Å². The molecule has 0 saturated heterocycles. The molecule has 0 aliphatic heterocycles. The third-order valence-corrected chi connectivity index (χ3v) is 4.25. The lowest BCUT2D eigenvalue weighted by molar-refractivity contribution is -0.205. The molecule has 1 aliphatic rings. The van der Waals surface area contributed by atoms with Crippen molar-refractivity contribution in [2.45, 2.75) is 43.6 Å². The van der Waals surface area contributed by atoms with E-state index in [1.165, 1.54) is 12.1 Å². The zero-order valence-corrected chi connectivity index (χ0v) is 14.4. The van der Waals surface area contributed by atoms with Gasteiger partial charge >= 0.3 is 12.1 Å². The van der Waals surface area contributed by atoms with Gasteiger partial charge in [-0.3, -0.25) is 0 Å². The number of benzene rings is 1. The Balaban J connectivity index is 1.94. The van der Waals surface area contributed by atoms with Gasteiger partial charge in [0.25, 0.3) is 0 Å². The second kappa shape index (κ2) is 8.88. The Morgan fingerprint density at radius 3 is 2.69 bits per heavy atom. The van der Waals surface area contributed by atoms with E-state index < -0.39 is 24.1 Å². The zero-order valence-electron chi connectivity index (χ0n) is 13.7. The Bertz CT molecular complexity index is 630. The number of rotatable bonds is 7. The molecule has 0 spiro atoms. The van der Waals surface area contributed by atoms with Gasteiger partial charge in [0, 0.05) is 24.7 Å². The van der Waals surface area contributed by atoms with Crippen LogP contribution in [0.3, 0.4) is 0 Å². The third-order valence-electron chi connectivity index (χ3n) is 3.94. The van der Waals surface area contributed by atoms with E-state index in [0.29, 0.717) is 6.42 Å². The number of alkyl halides is 3. The van der Waals surface area contributed by atoms with Crippen molar-refractivity contribution in [3.8, 4) is 5.75 Å². The van der Waals surface area contributed by atoms with Gasteiger partial charge < -0.3 is 20.5 Å². The lowest BCUT2D eigenvalue weighted by atomic mass is 10.2. The zero-order chi connectivity index (χ0) is 19.3. The number of carbonyl (C=O) groups is 1. The predicted molar refractivity (Wildman–Crippen MR) is 86.5 cm³/mol. The summed E-state index contributed by atoms with van der Waals surface area (Å²) < 4.78 is 60.4. The minimum Gasteiger partial charge on any atom is -0.490 e. The van der Waals surface area contributed by atoms with Crippen molar-refractivity contribution >= 4 is 17.6 Å². The van der Waals surface area contributed by atoms with Gasteiger partial charge in [0.05, 0.1) is 5.02 Å². The number of hydrogen-bond donors (Lipinski definition) is 2. The van der Waals surface area contributed by atoms with Gasteiger partial charge in [0.15, 0.2) is 0 Å². The SMILES string of the molecule is N[C@H]1CC[C@@H](NCC(COc2ccc(Cl)c(F)c2)OC(=O)C(F)(F)F)C1. The molecule has 1 unspecified atom stereocenters.